The van der Waals surface area contributed by atoms with Gasteiger partial charge in [0.05, 0.1) is 18.3 Å². The number of hydrogen-bond acceptors (Lipinski definition) is 4. The lowest BCUT2D eigenvalue weighted by molar-refractivity contribution is -0.0300. The highest BCUT2D eigenvalue weighted by atomic mass is 35.5. The van der Waals surface area contributed by atoms with Crippen LogP contribution in [0.1, 0.15) is 46.4 Å². The molecule has 0 saturated carbocycles. The van der Waals surface area contributed by atoms with Crippen molar-refractivity contribution in [2.75, 3.05) is 13.2 Å². The fourth-order valence-corrected chi connectivity index (χ4v) is 3.25. The molecule has 0 radical (unpaired) electrons. The van der Waals surface area contributed by atoms with Gasteiger partial charge in [-0.3, -0.25) is 0 Å². The van der Waals surface area contributed by atoms with Crippen molar-refractivity contribution in [3.8, 4) is 0 Å². The molecule has 0 spiro atoms. The molecule has 25 heavy (non-hydrogen) atoms. The van der Waals surface area contributed by atoms with Gasteiger partial charge in [0.2, 0.25) is 0 Å². The van der Waals surface area contributed by atoms with Crippen LogP contribution in [0.2, 0.25) is 5.15 Å². The predicted molar refractivity (Wildman–Crippen MR) is 96.1 cm³/mol. The topological polar surface area (TPSA) is 53.4 Å². The Labute approximate surface area is 152 Å². The zero-order valence-corrected chi connectivity index (χ0v) is 15.4. The van der Waals surface area contributed by atoms with Gasteiger partial charge < -0.3 is 9.47 Å². The van der Waals surface area contributed by atoms with Crippen molar-refractivity contribution in [1.29, 1.82) is 0 Å². The summed E-state index contributed by atoms with van der Waals surface area (Å²) in [5.74, 6) is -0.438. The molecular weight excluding hydrogens is 340 g/mol. The molecule has 1 saturated heterocycles. The third-order valence-electron chi connectivity index (χ3n) is 4.40. The number of aromatic nitrogens is 2. The first-order valence-electron chi connectivity index (χ1n) is 8.62. The number of rotatable bonds is 5. The van der Waals surface area contributed by atoms with E-state index in [0.717, 1.165) is 31.4 Å². The van der Waals surface area contributed by atoms with E-state index in [0.29, 0.717) is 23.0 Å². The first kappa shape index (κ1) is 18.0. The molecule has 1 aliphatic rings. The summed E-state index contributed by atoms with van der Waals surface area (Å²) in [5.41, 5.74) is 3.18. The number of aryl methyl sites for hydroxylation is 2. The van der Waals surface area contributed by atoms with Gasteiger partial charge >= 0.3 is 5.97 Å². The van der Waals surface area contributed by atoms with Gasteiger partial charge in [-0.2, -0.15) is 5.10 Å². The summed E-state index contributed by atoms with van der Waals surface area (Å²) < 4.78 is 12.6. The Kier molecular flexibility index (Phi) is 5.76. The maximum Gasteiger partial charge on any atom is 0.343 e. The number of nitrogens with zero attached hydrogens (tertiary/aromatic N) is 2. The van der Waals surface area contributed by atoms with Gasteiger partial charge in [0.1, 0.15) is 17.3 Å². The molecule has 1 aromatic carbocycles. The van der Waals surface area contributed by atoms with E-state index in [1.807, 2.05) is 31.2 Å². The fourth-order valence-electron chi connectivity index (χ4n) is 2.94. The second-order valence-electron chi connectivity index (χ2n) is 6.48. The van der Waals surface area contributed by atoms with Crippen LogP contribution in [0.5, 0.6) is 0 Å². The Balaban J connectivity index is 1.67. The molecule has 3 rings (SSSR count). The Morgan fingerprint density at radius 1 is 1.32 bits per heavy atom. The summed E-state index contributed by atoms with van der Waals surface area (Å²) in [6, 6.07) is 8.14. The highest BCUT2D eigenvalue weighted by molar-refractivity contribution is 6.32. The lowest BCUT2D eigenvalue weighted by Crippen LogP contribution is -2.26. The molecule has 2 heterocycles. The van der Waals surface area contributed by atoms with Gasteiger partial charge in [0.25, 0.3) is 0 Å². The van der Waals surface area contributed by atoms with Crippen LogP contribution in [0.25, 0.3) is 0 Å². The number of ether oxygens (including phenoxy) is 2. The van der Waals surface area contributed by atoms with E-state index < -0.39 is 5.97 Å². The van der Waals surface area contributed by atoms with Gasteiger partial charge in [-0.25, -0.2) is 9.48 Å². The molecule has 2 aromatic rings. The third-order valence-corrected chi connectivity index (χ3v) is 4.78. The molecule has 1 unspecified atom stereocenters. The lowest BCUT2D eigenvalue weighted by Gasteiger charge is -2.22. The van der Waals surface area contributed by atoms with E-state index in [9.17, 15) is 4.79 Å². The molecule has 0 aliphatic carbocycles. The van der Waals surface area contributed by atoms with E-state index in [1.165, 1.54) is 5.56 Å². The van der Waals surface area contributed by atoms with Crippen molar-refractivity contribution in [3.63, 3.8) is 0 Å². The zero-order chi connectivity index (χ0) is 17.8. The lowest BCUT2D eigenvalue weighted by atomic mass is 10.1. The number of hydrogen-bond donors (Lipinski definition) is 0. The zero-order valence-electron chi connectivity index (χ0n) is 14.6. The van der Waals surface area contributed by atoms with Crippen LogP contribution in [0.3, 0.4) is 0 Å². The normalized spacial score (nSPS) is 17.5. The Morgan fingerprint density at radius 2 is 2.08 bits per heavy atom. The molecule has 0 N–H and O–H groups in total. The molecule has 1 aliphatic heterocycles. The van der Waals surface area contributed by atoms with Crippen molar-refractivity contribution in [2.45, 2.75) is 45.8 Å². The average Bonchev–Trinajstić information content (AvgIpc) is 2.89. The van der Waals surface area contributed by atoms with Crippen LogP contribution in [0, 0.1) is 13.8 Å². The molecule has 5 nitrogen and oxygen atoms in total. The van der Waals surface area contributed by atoms with Crippen LogP contribution >= 0.6 is 11.6 Å². The van der Waals surface area contributed by atoms with Crippen LogP contribution in [0.15, 0.2) is 24.3 Å². The first-order valence-corrected chi connectivity index (χ1v) is 8.99. The number of carbonyl (C=O) groups excluding carboxylic acids is 1. The SMILES string of the molecule is Cc1ccc(Cn2nc(C)c(C(=O)OCC3CCCCO3)c2Cl)cc1. The van der Waals surface area contributed by atoms with Crippen LogP contribution in [0.4, 0.5) is 0 Å². The molecule has 0 amide bonds. The summed E-state index contributed by atoms with van der Waals surface area (Å²) in [7, 11) is 0. The van der Waals surface area contributed by atoms with E-state index in [2.05, 4.69) is 5.10 Å². The quantitative estimate of drug-likeness (QED) is 0.756. The average molecular weight is 363 g/mol. The predicted octanol–water partition coefficient (Wildman–Crippen LogP) is 3.93. The molecule has 1 atom stereocenters. The van der Waals surface area contributed by atoms with E-state index in [4.69, 9.17) is 21.1 Å². The standard InChI is InChI=1S/C19H23ClN2O3/c1-13-6-8-15(9-7-13)11-22-18(20)17(14(2)21-22)19(23)25-12-16-5-3-4-10-24-16/h6-9,16H,3-5,10-12H2,1-2H3. The summed E-state index contributed by atoms with van der Waals surface area (Å²) in [4.78, 5) is 12.4. The van der Waals surface area contributed by atoms with Gasteiger partial charge in [-0.1, -0.05) is 41.4 Å². The molecule has 6 heteroatoms. The molecule has 1 aromatic heterocycles. The number of benzene rings is 1. The van der Waals surface area contributed by atoms with E-state index in [1.54, 1.807) is 11.6 Å². The molecule has 1 fully saturated rings. The van der Waals surface area contributed by atoms with Crippen molar-refractivity contribution < 1.29 is 14.3 Å². The van der Waals surface area contributed by atoms with Crippen molar-refractivity contribution in [1.82, 2.24) is 9.78 Å². The van der Waals surface area contributed by atoms with Crippen LogP contribution in [-0.2, 0) is 16.0 Å². The van der Waals surface area contributed by atoms with Gasteiger partial charge in [0, 0.05) is 6.61 Å². The fraction of sp³-hybridized carbons (Fsp3) is 0.474. The van der Waals surface area contributed by atoms with Crippen molar-refractivity contribution >= 4 is 17.6 Å². The highest BCUT2D eigenvalue weighted by Gasteiger charge is 2.23. The molecule has 134 valence electrons. The third kappa shape index (κ3) is 4.41. The largest absolute Gasteiger partial charge is 0.459 e. The second kappa shape index (κ2) is 8.02. The maximum atomic E-state index is 12.4. The second-order valence-corrected chi connectivity index (χ2v) is 6.84. The van der Waals surface area contributed by atoms with Crippen LogP contribution < -0.4 is 0 Å². The highest BCUT2D eigenvalue weighted by Crippen LogP contribution is 2.23. The smallest absolute Gasteiger partial charge is 0.343 e. The van der Waals surface area contributed by atoms with Gasteiger partial charge in [0.15, 0.2) is 0 Å². The van der Waals surface area contributed by atoms with Crippen molar-refractivity contribution in [3.05, 3.63) is 51.8 Å². The summed E-state index contributed by atoms with van der Waals surface area (Å²) >= 11 is 6.40. The van der Waals surface area contributed by atoms with Gasteiger partial charge in [-0.15, -0.1) is 0 Å². The summed E-state index contributed by atoms with van der Waals surface area (Å²) in [5, 5.41) is 4.71. The monoisotopic (exact) mass is 362 g/mol. The van der Waals surface area contributed by atoms with E-state index >= 15 is 0 Å². The Hall–Kier alpha value is -1.85. The van der Waals surface area contributed by atoms with E-state index in [-0.39, 0.29) is 12.7 Å². The van der Waals surface area contributed by atoms with Gasteiger partial charge in [-0.05, 0) is 38.7 Å². The number of carbonyl (C=O) groups is 1. The van der Waals surface area contributed by atoms with Crippen molar-refractivity contribution in [2.24, 2.45) is 0 Å². The minimum Gasteiger partial charge on any atom is -0.459 e. The number of halogens is 1. The van der Waals surface area contributed by atoms with Crippen LogP contribution in [-0.4, -0.2) is 35.1 Å². The molecule has 0 bridgehead atoms. The summed E-state index contributed by atoms with van der Waals surface area (Å²) in [6.45, 7) is 5.32. The minimum atomic E-state index is -0.438. The Morgan fingerprint density at radius 3 is 2.76 bits per heavy atom. The minimum absolute atomic E-state index is 0.0145. The Bertz CT molecular complexity index is 734. The first-order chi connectivity index (χ1) is 12.0. The maximum absolute atomic E-state index is 12.4. The summed E-state index contributed by atoms with van der Waals surface area (Å²) in [6.07, 6.45) is 3.09. The number of esters is 1. The molecular formula is C19H23ClN2O3.